The van der Waals surface area contributed by atoms with Crippen molar-refractivity contribution < 1.29 is 18.8 Å². The monoisotopic (exact) mass is 472 g/mol. The molecule has 6 nitrogen and oxygen atoms in total. The molecule has 0 bridgehead atoms. The van der Waals surface area contributed by atoms with Crippen LogP contribution in [0.4, 0.5) is 10.5 Å². The lowest BCUT2D eigenvalue weighted by Crippen LogP contribution is -2.64. The molecule has 2 fully saturated rings. The zero-order valence-electron chi connectivity index (χ0n) is 21.1. The number of rotatable bonds is 1. The maximum atomic E-state index is 13.2. The van der Waals surface area contributed by atoms with E-state index in [1.165, 1.54) is 16.8 Å². The van der Waals surface area contributed by atoms with Crippen LogP contribution in [0.5, 0.6) is 0 Å². The van der Waals surface area contributed by atoms with Crippen molar-refractivity contribution in [1.29, 1.82) is 0 Å². The molecule has 4 heterocycles. The van der Waals surface area contributed by atoms with Gasteiger partial charge >= 0.3 is 13.4 Å². The number of fused-ring (bicyclic) bond motifs is 3. The quantitative estimate of drug-likeness (QED) is 0.533. The first kappa shape index (κ1) is 23.4. The summed E-state index contributed by atoms with van der Waals surface area (Å²) in [6, 6.07) is 6.75. The Morgan fingerprint density at radius 1 is 1.15 bits per heavy atom. The van der Waals surface area contributed by atoms with Crippen LogP contribution < -0.4 is 4.90 Å². The zero-order valence-corrected chi connectivity index (χ0v) is 21.9. The van der Waals surface area contributed by atoms with Crippen molar-refractivity contribution in [3.05, 3.63) is 29.3 Å². The Morgan fingerprint density at radius 2 is 1.85 bits per heavy atom. The second kappa shape index (κ2) is 7.56. The molecule has 1 amide bonds. The fraction of sp³-hybridized carbons (Fsp3) is 0.720. The maximum Gasteiger partial charge on any atom is 0.717 e. The highest BCUT2D eigenvalue weighted by atomic mass is 32.2. The molecule has 0 aliphatic carbocycles. The second-order valence-electron chi connectivity index (χ2n) is 11.9. The van der Waals surface area contributed by atoms with E-state index in [1.54, 1.807) is 0 Å². The molecule has 2 saturated heterocycles. The topological polar surface area (TPSA) is 51.2 Å². The van der Waals surface area contributed by atoms with E-state index < -0.39 is 18.5 Å². The third-order valence-corrected chi connectivity index (χ3v) is 9.71. The van der Waals surface area contributed by atoms with E-state index in [4.69, 9.17) is 14.0 Å². The van der Waals surface area contributed by atoms with Gasteiger partial charge in [-0.05, 0) is 50.7 Å². The van der Waals surface area contributed by atoms with Crippen molar-refractivity contribution in [3.63, 3.8) is 0 Å². The molecule has 1 aromatic rings. The highest BCUT2D eigenvalue weighted by molar-refractivity contribution is 7.98. The van der Waals surface area contributed by atoms with E-state index >= 15 is 0 Å². The van der Waals surface area contributed by atoms with Gasteiger partial charge in [-0.3, -0.25) is 0 Å². The Bertz CT molecular complexity index is 946. The minimum Gasteiger partial charge on any atom is -0.468 e. The smallest absolute Gasteiger partial charge is 0.468 e. The average molecular weight is 472 g/mol. The maximum absolute atomic E-state index is 13.2. The van der Waals surface area contributed by atoms with Gasteiger partial charge in [-0.1, -0.05) is 39.0 Å². The third-order valence-electron chi connectivity index (χ3n) is 8.72. The molecule has 180 valence electrons. The summed E-state index contributed by atoms with van der Waals surface area (Å²) in [5, 5.41) is 0. The van der Waals surface area contributed by atoms with E-state index in [2.05, 4.69) is 43.9 Å². The van der Waals surface area contributed by atoms with Crippen molar-refractivity contribution in [2.75, 3.05) is 30.3 Å². The number of likely N-dealkylation sites (tertiary alicyclic amines) is 1. The van der Waals surface area contributed by atoms with Crippen LogP contribution in [0.25, 0.3) is 0 Å². The number of hydrogen-bond donors (Lipinski definition) is 0. The molecule has 4 aliphatic rings. The van der Waals surface area contributed by atoms with Crippen LogP contribution in [0.1, 0.15) is 71.9 Å². The van der Waals surface area contributed by atoms with Crippen molar-refractivity contribution in [3.8, 4) is 0 Å². The van der Waals surface area contributed by atoms with Gasteiger partial charge < -0.3 is 23.8 Å². The molecular weight excluding hydrogens is 435 g/mol. The lowest BCUT2D eigenvalue weighted by molar-refractivity contribution is 0.00578. The molecule has 0 saturated carbocycles. The fourth-order valence-electron chi connectivity index (χ4n) is 6.27. The SMILES string of the molecule is CC1(C)OB(OC(=O)N2CC[C@@]3(C(C)(C)C)[C@@H](C2)c2cccc4c2N3CCSC4)OC1(C)C. The summed E-state index contributed by atoms with van der Waals surface area (Å²) < 4.78 is 17.5. The first-order chi connectivity index (χ1) is 15.4. The summed E-state index contributed by atoms with van der Waals surface area (Å²) in [4.78, 5) is 17.8. The van der Waals surface area contributed by atoms with Crippen LogP contribution in [0.3, 0.4) is 0 Å². The molecule has 0 spiro atoms. The highest BCUT2D eigenvalue weighted by Crippen LogP contribution is 2.60. The summed E-state index contributed by atoms with van der Waals surface area (Å²) in [5.74, 6) is 2.43. The van der Waals surface area contributed by atoms with Gasteiger partial charge in [-0.25, -0.2) is 4.79 Å². The standard InChI is InChI=1S/C25H37BN2O4S/c1-22(2,3)25-11-12-27(21(29)30-26-31-23(4,5)24(6,7)32-26)15-19(25)18-10-8-9-17-16-33-14-13-28(25)20(17)18/h8-10,19H,11-16H2,1-7H3/t19-,25-/m0/s1. The minimum absolute atomic E-state index is 0.0164. The first-order valence-corrected chi connectivity index (χ1v) is 13.3. The molecule has 1 aromatic carbocycles. The Kier molecular flexibility index (Phi) is 5.35. The molecule has 4 aliphatic heterocycles. The number of carbonyl (C=O) groups excluding carboxylic acids is 1. The van der Waals surface area contributed by atoms with Gasteiger partial charge in [-0.2, -0.15) is 11.8 Å². The summed E-state index contributed by atoms with van der Waals surface area (Å²) in [6.07, 6.45) is 0.563. The minimum atomic E-state index is -0.974. The van der Waals surface area contributed by atoms with Gasteiger partial charge in [-0.15, -0.1) is 0 Å². The van der Waals surface area contributed by atoms with Crippen LogP contribution in [-0.4, -0.2) is 60.4 Å². The van der Waals surface area contributed by atoms with Gasteiger partial charge in [0.1, 0.15) is 0 Å². The van der Waals surface area contributed by atoms with Crippen molar-refractivity contribution in [2.24, 2.45) is 5.41 Å². The van der Waals surface area contributed by atoms with Crippen LogP contribution in [0.15, 0.2) is 18.2 Å². The summed E-state index contributed by atoms with van der Waals surface area (Å²) in [5.41, 5.74) is 3.21. The number of benzene rings is 1. The van der Waals surface area contributed by atoms with Crippen LogP contribution in [0, 0.1) is 5.41 Å². The van der Waals surface area contributed by atoms with E-state index in [-0.39, 0.29) is 23.0 Å². The van der Waals surface area contributed by atoms with Gasteiger partial charge in [0.2, 0.25) is 0 Å². The molecule has 8 heteroatoms. The summed E-state index contributed by atoms with van der Waals surface area (Å²) >= 11 is 2.02. The predicted octanol–water partition coefficient (Wildman–Crippen LogP) is 5.05. The number of para-hydroxylation sites is 1. The van der Waals surface area contributed by atoms with E-state index in [1.807, 2.05) is 44.4 Å². The molecule has 33 heavy (non-hydrogen) atoms. The normalized spacial score (nSPS) is 30.0. The molecule has 2 atom stereocenters. The number of anilines is 1. The molecular formula is C25H37BN2O4S. The Hall–Kier alpha value is -1.38. The molecule has 0 unspecified atom stereocenters. The Morgan fingerprint density at radius 3 is 2.52 bits per heavy atom. The molecule has 0 aromatic heterocycles. The summed E-state index contributed by atoms with van der Waals surface area (Å²) in [6.45, 7) is 17.3. The van der Waals surface area contributed by atoms with E-state index in [9.17, 15) is 4.79 Å². The van der Waals surface area contributed by atoms with E-state index in [0.29, 0.717) is 13.1 Å². The highest BCUT2D eigenvalue weighted by Gasteiger charge is 2.61. The number of nitrogens with zero attached hydrogens (tertiary/aromatic N) is 2. The van der Waals surface area contributed by atoms with Crippen LogP contribution >= 0.6 is 11.8 Å². The lowest BCUT2D eigenvalue weighted by atomic mass is 9.62. The number of carbonyl (C=O) groups is 1. The van der Waals surface area contributed by atoms with Crippen molar-refractivity contribution >= 4 is 30.9 Å². The van der Waals surface area contributed by atoms with Gasteiger partial charge in [0.05, 0.1) is 16.7 Å². The van der Waals surface area contributed by atoms with Crippen molar-refractivity contribution in [2.45, 2.75) is 83.3 Å². The van der Waals surface area contributed by atoms with Crippen LogP contribution in [0.2, 0.25) is 0 Å². The summed E-state index contributed by atoms with van der Waals surface area (Å²) in [7, 11) is -0.974. The average Bonchev–Trinajstić information content (AvgIpc) is 2.98. The fourth-order valence-corrected chi connectivity index (χ4v) is 7.18. The molecule has 0 N–H and O–H groups in total. The Labute approximate surface area is 202 Å². The largest absolute Gasteiger partial charge is 0.717 e. The van der Waals surface area contributed by atoms with Gasteiger partial charge in [0.15, 0.2) is 0 Å². The second-order valence-corrected chi connectivity index (χ2v) is 13.0. The third kappa shape index (κ3) is 3.42. The lowest BCUT2D eigenvalue weighted by Gasteiger charge is -2.56. The van der Waals surface area contributed by atoms with E-state index in [0.717, 1.165) is 24.5 Å². The number of hydrogen-bond acceptors (Lipinski definition) is 6. The predicted molar refractivity (Wildman–Crippen MR) is 134 cm³/mol. The van der Waals surface area contributed by atoms with Crippen LogP contribution in [-0.2, 0) is 19.7 Å². The molecule has 0 radical (unpaired) electrons. The Balaban J connectivity index is 1.43. The van der Waals surface area contributed by atoms with Gasteiger partial charge in [0, 0.05) is 42.7 Å². The number of piperidine rings is 1. The number of thioether (sulfide) groups is 1. The van der Waals surface area contributed by atoms with Crippen molar-refractivity contribution in [1.82, 2.24) is 4.90 Å². The zero-order chi connectivity index (χ0) is 23.8. The molecule has 5 rings (SSSR count). The number of amides is 1. The van der Waals surface area contributed by atoms with Gasteiger partial charge in [0.25, 0.3) is 0 Å². The first-order valence-electron chi connectivity index (χ1n) is 12.2.